The lowest BCUT2D eigenvalue weighted by molar-refractivity contribution is 0.0675. The Morgan fingerprint density at radius 1 is 1.00 bits per heavy atom. The van der Waals surface area contributed by atoms with Gasteiger partial charge in [-0.15, -0.1) is 0 Å². The monoisotopic (exact) mass is 420 g/mol. The number of carbonyl (C=O) groups is 1. The fraction of sp³-hybridized carbons (Fsp3) is 0.440. The lowest BCUT2D eigenvalue weighted by Crippen LogP contribution is -2.43. The Hall–Kier alpha value is -2.73. The number of hydrogen-bond acceptors (Lipinski definition) is 3. The van der Waals surface area contributed by atoms with E-state index in [4.69, 9.17) is 0 Å². The number of benzene rings is 2. The zero-order valence-corrected chi connectivity index (χ0v) is 17.8. The summed E-state index contributed by atoms with van der Waals surface area (Å²) >= 11 is 0. The largest absolute Gasteiger partial charge is 0.335 e. The van der Waals surface area contributed by atoms with Crippen LogP contribution in [-0.4, -0.2) is 58.2 Å². The predicted molar refractivity (Wildman–Crippen MR) is 120 cm³/mol. The number of aromatic nitrogens is 2. The summed E-state index contributed by atoms with van der Waals surface area (Å²) in [5, 5.41) is 5.55. The van der Waals surface area contributed by atoms with Gasteiger partial charge in [-0.3, -0.25) is 9.48 Å². The summed E-state index contributed by atoms with van der Waals surface area (Å²) in [7, 11) is 0. The van der Waals surface area contributed by atoms with Gasteiger partial charge in [-0.25, -0.2) is 4.39 Å². The van der Waals surface area contributed by atoms with Crippen LogP contribution in [0.1, 0.15) is 35.3 Å². The van der Waals surface area contributed by atoms with Gasteiger partial charge in [-0.2, -0.15) is 5.10 Å². The zero-order valence-electron chi connectivity index (χ0n) is 17.8. The first kappa shape index (κ1) is 20.2. The van der Waals surface area contributed by atoms with Crippen molar-refractivity contribution in [3.05, 3.63) is 65.6 Å². The number of rotatable bonds is 6. The number of piperidine rings is 1. The molecule has 0 bridgehead atoms. The molecule has 1 unspecified atom stereocenters. The molecule has 0 radical (unpaired) electrons. The number of hydrogen-bond donors (Lipinski definition) is 0. The average Bonchev–Trinajstić information content (AvgIpc) is 3.18. The van der Waals surface area contributed by atoms with Crippen molar-refractivity contribution in [1.82, 2.24) is 19.6 Å². The lowest BCUT2D eigenvalue weighted by Gasteiger charge is -2.34. The topological polar surface area (TPSA) is 41.4 Å². The highest BCUT2D eigenvalue weighted by molar-refractivity contribution is 6.05. The van der Waals surface area contributed by atoms with Gasteiger partial charge in [0.1, 0.15) is 11.5 Å². The maximum atomic E-state index is 13.1. The first-order chi connectivity index (χ1) is 15.2. The van der Waals surface area contributed by atoms with E-state index in [1.165, 1.54) is 18.4 Å². The van der Waals surface area contributed by atoms with E-state index in [1.54, 1.807) is 12.1 Å². The van der Waals surface area contributed by atoms with Gasteiger partial charge in [0.25, 0.3) is 5.91 Å². The smallest absolute Gasteiger partial charge is 0.272 e. The van der Waals surface area contributed by atoms with Crippen LogP contribution in [0.4, 0.5) is 4.39 Å². The number of fused-ring (bicyclic) bond motifs is 3. The molecule has 2 aliphatic rings. The van der Waals surface area contributed by atoms with Crippen LogP contribution < -0.4 is 0 Å². The molecule has 5 rings (SSSR count). The van der Waals surface area contributed by atoms with E-state index < -0.39 is 0 Å². The Bertz CT molecular complexity index is 1060. The Kier molecular flexibility index (Phi) is 5.72. The molecular formula is C25H29FN4O. The summed E-state index contributed by atoms with van der Waals surface area (Å²) in [4.78, 5) is 17.7. The third kappa shape index (κ3) is 4.35. The van der Waals surface area contributed by atoms with Gasteiger partial charge < -0.3 is 9.80 Å². The fourth-order valence-electron chi connectivity index (χ4n) is 5.01. The van der Waals surface area contributed by atoms with Crippen molar-refractivity contribution in [3.8, 4) is 0 Å². The molecule has 1 fully saturated rings. The quantitative estimate of drug-likeness (QED) is 0.606. The Balaban J connectivity index is 1.15. The highest BCUT2D eigenvalue weighted by Crippen LogP contribution is 2.25. The van der Waals surface area contributed by atoms with E-state index in [0.717, 1.165) is 68.7 Å². The highest BCUT2D eigenvalue weighted by Gasteiger charge is 2.29. The van der Waals surface area contributed by atoms with Crippen LogP contribution in [0.15, 0.2) is 48.5 Å². The van der Waals surface area contributed by atoms with Crippen molar-refractivity contribution in [2.45, 2.75) is 32.2 Å². The summed E-state index contributed by atoms with van der Waals surface area (Å²) in [5.74, 6) is 0.562. The molecule has 1 amide bonds. The van der Waals surface area contributed by atoms with Crippen LogP contribution in [0, 0.1) is 11.7 Å². The van der Waals surface area contributed by atoms with E-state index >= 15 is 0 Å². The minimum Gasteiger partial charge on any atom is -0.335 e. The average molecular weight is 421 g/mol. The van der Waals surface area contributed by atoms with Crippen LogP contribution in [0.25, 0.3) is 10.9 Å². The van der Waals surface area contributed by atoms with Gasteiger partial charge in [-0.05, 0) is 61.9 Å². The molecule has 1 saturated heterocycles. The number of carbonyl (C=O) groups excluding carboxylic acids is 1. The van der Waals surface area contributed by atoms with Gasteiger partial charge in [0.15, 0.2) is 0 Å². The van der Waals surface area contributed by atoms with Crippen molar-refractivity contribution in [1.29, 1.82) is 0 Å². The third-order valence-corrected chi connectivity index (χ3v) is 6.76. The molecule has 0 N–H and O–H groups in total. The normalized spacial score (nSPS) is 19.7. The van der Waals surface area contributed by atoms with Crippen molar-refractivity contribution >= 4 is 16.8 Å². The zero-order chi connectivity index (χ0) is 21.2. The molecule has 2 aliphatic heterocycles. The molecule has 0 aliphatic carbocycles. The molecule has 162 valence electrons. The maximum Gasteiger partial charge on any atom is 0.272 e. The number of nitrogens with zero attached hydrogens (tertiary/aromatic N) is 4. The van der Waals surface area contributed by atoms with Crippen LogP contribution in [0.2, 0.25) is 0 Å². The van der Waals surface area contributed by atoms with Crippen LogP contribution in [-0.2, 0) is 13.0 Å². The lowest BCUT2D eigenvalue weighted by atomic mass is 9.94. The standard InChI is InChI=1S/C25H29FN4O/c26-21-9-7-19(8-10-21)11-14-28-13-3-4-20(18-28)12-15-29-16-17-30-24(25(29)31)22-5-1-2-6-23(22)27-30/h1-2,5-10,20H,3-4,11-18H2. The van der Waals surface area contributed by atoms with Crippen LogP contribution >= 0.6 is 0 Å². The van der Waals surface area contributed by atoms with E-state index in [1.807, 2.05) is 46.0 Å². The highest BCUT2D eigenvalue weighted by atomic mass is 19.1. The molecule has 31 heavy (non-hydrogen) atoms. The molecule has 3 aromatic rings. The van der Waals surface area contributed by atoms with Gasteiger partial charge in [0, 0.05) is 31.6 Å². The first-order valence-corrected chi connectivity index (χ1v) is 11.4. The molecule has 0 spiro atoms. The summed E-state index contributed by atoms with van der Waals surface area (Å²) in [6, 6.07) is 14.8. The fourth-order valence-corrected chi connectivity index (χ4v) is 5.01. The Morgan fingerprint density at radius 2 is 1.84 bits per heavy atom. The second-order valence-corrected chi connectivity index (χ2v) is 8.86. The van der Waals surface area contributed by atoms with Crippen molar-refractivity contribution in [3.63, 3.8) is 0 Å². The van der Waals surface area contributed by atoms with Gasteiger partial charge in [-0.1, -0.05) is 30.3 Å². The number of amides is 1. The van der Waals surface area contributed by atoms with Crippen molar-refractivity contribution in [2.24, 2.45) is 5.92 Å². The van der Waals surface area contributed by atoms with Gasteiger partial charge in [0.2, 0.25) is 0 Å². The van der Waals surface area contributed by atoms with Gasteiger partial charge >= 0.3 is 0 Å². The third-order valence-electron chi connectivity index (χ3n) is 6.76. The molecule has 6 heteroatoms. The maximum absolute atomic E-state index is 13.1. The van der Waals surface area contributed by atoms with Crippen molar-refractivity contribution in [2.75, 3.05) is 32.7 Å². The minimum atomic E-state index is -0.176. The van der Waals surface area contributed by atoms with Crippen molar-refractivity contribution < 1.29 is 9.18 Å². The van der Waals surface area contributed by atoms with E-state index in [-0.39, 0.29) is 11.7 Å². The van der Waals surface area contributed by atoms with Gasteiger partial charge in [0.05, 0.1) is 12.1 Å². The van der Waals surface area contributed by atoms with Crippen LogP contribution in [0.3, 0.4) is 0 Å². The number of halogens is 1. The summed E-state index contributed by atoms with van der Waals surface area (Å²) in [5.41, 5.74) is 2.83. The number of likely N-dealkylation sites (tertiary alicyclic amines) is 1. The molecule has 2 aromatic carbocycles. The van der Waals surface area contributed by atoms with Crippen LogP contribution in [0.5, 0.6) is 0 Å². The summed E-state index contributed by atoms with van der Waals surface area (Å²) < 4.78 is 15.0. The molecule has 0 saturated carbocycles. The molecule has 5 nitrogen and oxygen atoms in total. The molecule has 1 aromatic heterocycles. The SMILES string of the molecule is O=C1c2c3ccccc3nn2CCN1CCC1CCCN(CCc2ccc(F)cc2)C1. The van der Waals surface area contributed by atoms with E-state index in [2.05, 4.69) is 10.00 Å². The molecule has 1 atom stereocenters. The van der Waals surface area contributed by atoms with E-state index in [9.17, 15) is 9.18 Å². The summed E-state index contributed by atoms with van der Waals surface area (Å²) in [6.07, 6.45) is 4.44. The second-order valence-electron chi connectivity index (χ2n) is 8.86. The molecular weight excluding hydrogens is 391 g/mol. The Labute approximate surface area is 182 Å². The van der Waals surface area contributed by atoms with E-state index in [0.29, 0.717) is 5.92 Å². The first-order valence-electron chi connectivity index (χ1n) is 11.4. The second kappa shape index (κ2) is 8.79. The predicted octanol–water partition coefficient (Wildman–Crippen LogP) is 3.98. The molecule has 3 heterocycles. The summed E-state index contributed by atoms with van der Waals surface area (Å²) in [6.45, 7) is 5.55. The Morgan fingerprint density at radius 3 is 2.71 bits per heavy atom. The minimum absolute atomic E-state index is 0.115.